The topological polar surface area (TPSA) is 83.6 Å². The number of hydrogen-bond donors (Lipinski definition) is 2. The third-order valence-electron chi connectivity index (χ3n) is 3.82. The van der Waals surface area contributed by atoms with Crippen molar-refractivity contribution >= 4 is 11.8 Å². The number of benzene rings is 1. The molecule has 1 aromatic carbocycles. The quantitative estimate of drug-likeness (QED) is 0.875. The molecule has 1 aliphatic rings. The molecule has 0 aromatic heterocycles. The van der Waals surface area contributed by atoms with Crippen LogP contribution < -0.4 is 5.73 Å². The van der Waals surface area contributed by atoms with Crippen molar-refractivity contribution in [2.75, 3.05) is 6.54 Å². The monoisotopic (exact) mass is 276 g/mol. The SMILES string of the molecule is Cc1cccc(C(=O)N(CC(N)=O)C2CCCC2)c1O. The number of rotatable bonds is 4. The summed E-state index contributed by atoms with van der Waals surface area (Å²) in [7, 11) is 0. The Morgan fingerprint density at radius 3 is 2.60 bits per heavy atom. The summed E-state index contributed by atoms with van der Waals surface area (Å²) in [4.78, 5) is 25.3. The summed E-state index contributed by atoms with van der Waals surface area (Å²) in [6, 6.07) is 5.07. The number of carbonyl (C=O) groups excluding carboxylic acids is 2. The zero-order valence-electron chi connectivity index (χ0n) is 11.6. The molecule has 0 radical (unpaired) electrons. The van der Waals surface area contributed by atoms with E-state index in [0.717, 1.165) is 25.7 Å². The molecule has 2 amide bonds. The molecule has 0 bridgehead atoms. The van der Waals surface area contributed by atoms with E-state index in [0.29, 0.717) is 5.56 Å². The van der Waals surface area contributed by atoms with Crippen molar-refractivity contribution in [3.63, 3.8) is 0 Å². The Hall–Kier alpha value is -2.04. The molecule has 1 aromatic rings. The molecule has 0 saturated heterocycles. The zero-order chi connectivity index (χ0) is 14.7. The van der Waals surface area contributed by atoms with Gasteiger partial charge in [0.1, 0.15) is 5.75 Å². The van der Waals surface area contributed by atoms with Crippen LogP contribution in [-0.2, 0) is 4.79 Å². The van der Waals surface area contributed by atoms with E-state index in [2.05, 4.69) is 0 Å². The third kappa shape index (κ3) is 2.92. The third-order valence-corrected chi connectivity index (χ3v) is 3.82. The lowest BCUT2D eigenvalue weighted by atomic mass is 10.1. The minimum absolute atomic E-state index is 0.0232. The average molecular weight is 276 g/mol. The van der Waals surface area contributed by atoms with E-state index in [1.54, 1.807) is 25.1 Å². The average Bonchev–Trinajstić information content (AvgIpc) is 2.92. The first-order valence-corrected chi connectivity index (χ1v) is 6.88. The van der Waals surface area contributed by atoms with Gasteiger partial charge in [0.15, 0.2) is 0 Å². The van der Waals surface area contributed by atoms with Crippen molar-refractivity contribution in [3.8, 4) is 5.75 Å². The molecule has 1 fully saturated rings. The van der Waals surface area contributed by atoms with Gasteiger partial charge in [-0.2, -0.15) is 0 Å². The minimum Gasteiger partial charge on any atom is -0.507 e. The highest BCUT2D eigenvalue weighted by Crippen LogP contribution is 2.28. The molecule has 0 unspecified atom stereocenters. The van der Waals surface area contributed by atoms with Gasteiger partial charge in [-0.25, -0.2) is 0 Å². The van der Waals surface area contributed by atoms with Gasteiger partial charge in [0.2, 0.25) is 5.91 Å². The Kier molecular flexibility index (Phi) is 4.27. The molecule has 0 heterocycles. The van der Waals surface area contributed by atoms with E-state index < -0.39 is 5.91 Å². The summed E-state index contributed by atoms with van der Waals surface area (Å²) in [6.07, 6.45) is 3.86. The number of primary amides is 1. The van der Waals surface area contributed by atoms with Gasteiger partial charge in [0.05, 0.1) is 12.1 Å². The van der Waals surface area contributed by atoms with E-state index in [4.69, 9.17) is 5.73 Å². The van der Waals surface area contributed by atoms with Crippen molar-refractivity contribution in [2.45, 2.75) is 38.6 Å². The van der Waals surface area contributed by atoms with Gasteiger partial charge in [0.25, 0.3) is 5.91 Å². The smallest absolute Gasteiger partial charge is 0.258 e. The van der Waals surface area contributed by atoms with Crippen molar-refractivity contribution < 1.29 is 14.7 Å². The molecule has 5 nitrogen and oxygen atoms in total. The molecular formula is C15H20N2O3. The van der Waals surface area contributed by atoms with E-state index in [1.165, 1.54) is 4.90 Å². The van der Waals surface area contributed by atoms with Crippen molar-refractivity contribution in [3.05, 3.63) is 29.3 Å². The maximum atomic E-state index is 12.6. The summed E-state index contributed by atoms with van der Waals surface area (Å²) in [6.45, 7) is 1.64. The first-order valence-electron chi connectivity index (χ1n) is 6.88. The molecule has 0 spiro atoms. The minimum atomic E-state index is -0.530. The number of carbonyl (C=O) groups is 2. The van der Waals surface area contributed by atoms with Crippen LogP contribution in [-0.4, -0.2) is 34.4 Å². The number of aryl methyl sites for hydroxylation is 1. The zero-order valence-corrected chi connectivity index (χ0v) is 11.6. The highest BCUT2D eigenvalue weighted by atomic mass is 16.3. The number of nitrogens with two attached hydrogens (primary N) is 1. The van der Waals surface area contributed by atoms with Crippen LogP contribution >= 0.6 is 0 Å². The Morgan fingerprint density at radius 1 is 1.35 bits per heavy atom. The van der Waals surface area contributed by atoms with Gasteiger partial charge in [-0.3, -0.25) is 9.59 Å². The Bertz CT molecular complexity index is 522. The number of hydrogen-bond acceptors (Lipinski definition) is 3. The molecular weight excluding hydrogens is 256 g/mol. The van der Waals surface area contributed by atoms with Crippen LogP contribution in [0.5, 0.6) is 5.75 Å². The van der Waals surface area contributed by atoms with Gasteiger partial charge in [0, 0.05) is 6.04 Å². The fraction of sp³-hybridized carbons (Fsp3) is 0.467. The molecule has 2 rings (SSSR count). The number of phenolic OH excluding ortho intramolecular Hbond substituents is 1. The second kappa shape index (κ2) is 5.94. The van der Waals surface area contributed by atoms with Gasteiger partial charge >= 0.3 is 0 Å². The Morgan fingerprint density at radius 2 is 2.00 bits per heavy atom. The van der Waals surface area contributed by atoms with Gasteiger partial charge in [-0.05, 0) is 31.4 Å². The van der Waals surface area contributed by atoms with Gasteiger partial charge in [-0.15, -0.1) is 0 Å². The molecule has 1 saturated carbocycles. The molecule has 3 N–H and O–H groups in total. The lowest BCUT2D eigenvalue weighted by Gasteiger charge is -2.28. The summed E-state index contributed by atoms with van der Waals surface area (Å²) in [5.41, 5.74) is 6.12. The van der Waals surface area contributed by atoms with Crippen molar-refractivity contribution in [1.29, 1.82) is 0 Å². The first kappa shape index (κ1) is 14.4. The van der Waals surface area contributed by atoms with Crippen LogP contribution in [0.3, 0.4) is 0 Å². The highest BCUT2D eigenvalue weighted by Gasteiger charge is 2.29. The van der Waals surface area contributed by atoms with Crippen LogP contribution in [0.2, 0.25) is 0 Å². The highest BCUT2D eigenvalue weighted by molar-refractivity contribution is 5.99. The summed E-state index contributed by atoms with van der Waals surface area (Å²) >= 11 is 0. The number of nitrogens with zero attached hydrogens (tertiary/aromatic N) is 1. The standard InChI is InChI=1S/C15H20N2O3/c1-10-5-4-8-12(14(10)19)15(20)17(9-13(16)18)11-6-2-3-7-11/h4-5,8,11,19H,2-3,6-7,9H2,1H3,(H2,16,18). The fourth-order valence-corrected chi connectivity index (χ4v) is 2.74. The number of phenols is 1. The maximum Gasteiger partial charge on any atom is 0.258 e. The number of aromatic hydroxyl groups is 1. The lowest BCUT2D eigenvalue weighted by molar-refractivity contribution is -0.119. The number of amides is 2. The van der Waals surface area contributed by atoms with Crippen molar-refractivity contribution in [1.82, 2.24) is 4.90 Å². The van der Waals surface area contributed by atoms with Crippen LogP contribution in [0.25, 0.3) is 0 Å². The molecule has 5 heteroatoms. The van der Waals surface area contributed by atoms with Crippen LogP contribution in [0.4, 0.5) is 0 Å². The summed E-state index contributed by atoms with van der Waals surface area (Å²) < 4.78 is 0. The van der Waals surface area contributed by atoms with E-state index in [1.807, 2.05) is 0 Å². The Balaban J connectivity index is 2.29. The number of para-hydroxylation sites is 1. The molecule has 108 valence electrons. The van der Waals surface area contributed by atoms with Crippen LogP contribution in [0, 0.1) is 6.92 Å². The molecule has 20 heavy (non-hydrogen) atoms. The molecule has 0 atom stereocenters. The second-order valence-electron chi connectivity index (χ2n) is 5.31. The van der Waals surface area contributed by atoms with Gasteiger partial charge < -0.3 is 15.7 Å². The predicted octanol–water partition coefficient (Wildman–Crippen LogP) is 1.57. The Labute approximate surface area is 118 Å². The lowest BCUT2D eigenvalue weighted by Crippen LogP contribution is -2.44. The normalized spacial score (nSPS) is 15.2. The summed E-state index contributed by atoms with van der Waals surface area (Å²) in [5, 5.41) is 10.0. The largest absolute Gasteiger partial charge is 0.507 e. The van der Waals surface area contributed by atoms with E-state index in [9.17, 15) is 14.7 Å². The first-order chi connectivity index (χ1) is 9.50. The van der Waals surface area contributed by atoms with E-state index >= 15 is 0 Å². The van der Waals surface area contributed by atoms with Crippen molar-refractivity contribution in [2.24, 2.45) is 5.73 Å². The second-order valence-corrected chi connectivity index (χ2v) is 5.31. The van der Waals surface area contributed by atoms with E-state index in [-0.39, 0.29) is 29.8 Å². The molecule has 0 aliphatic heterocycles. The van der Waals surface area contributed by atoms with Crippen LogP contribution in [0.1, 0.15) is 41.6 Å². The van der Waals surface area contributed by atoms with Crippen LogP contribution in [0.15, 0.2) is 18.2 Å². The molecule has 1 aliphatic carbocycles. The van der Waals surface area contributed by atoms with Gasteiger partial charge in [-0.1, -0.05) is 25.0 Å². The predicted molar refractivity (Wildman–Crippen MR) is 75.3 cm³/mol. The summed E-state index contributed by atoms with van der Waals surface area (Å²) in [5.74, 6) is -0.876. The fourth-order valence-electron chi connectivity index (χ4n) is 2.74. The maximum absolute atomic E-state index is 12.6.